The summed E-state index contributed by atoms with van der Waals surface area (Å²) in [5, 5.41) is 0. The van der Waals surface area contributed by atoms with Crippen molar-refractivity contribution in [2.45, 2.75) is 239 Å². The lowest BCUT2D eigenvalue weighted by molar-refractivity contribution is -0.166. The molecule has 1 unspecified atom stereocenters. The van der Waals surface area contributed by atoms with E-state index < -0.39 is 6.10 Å². The van der Waals surface area contributed by atoms with Gasteiger partial charge in [0, 0.05) is 19.3 Å². The summed E-state index contributed by atoms with van der Waals surface area (Å²) in [5.41, 5.74) is 0. The van der Waals surface area contributed by atoms with Gasteiger partial charge in [0.2, 0.25) is 0 Å². The first kappa shape index (κ1) is 63.8. The summed E-state index contributed by atoms with van der Waals surface area (Å²) in [6.07, 6.45) is 76.2. The van der Waals surface area contributed by atoms with Gasteiger partial charge in [-0.1, -0.05) is 239 Å². The quantitative estimate of drug-likeness (QED) is 0.0262. The number of hydrogen-bond acceptors (Lipinski definition) is 6. The number of carbonyl (C=O) groups is 3. The normalized spacial score (nSPS) is 13.0. The Hall–Kier alpha value is -4.19. The van der Waals surface area contributed by atoms with Crippen LogP contribution in [0.1, 0.15) is 233 Å². The van der Waals surface area contributed by atoms with E-state index in [9.17, 15) is 14.4 Å². The maximum Gasteiger partial charge on any atom is 0.306 e. The topological polar surface area (TPSA) is 78.9 Å². The highest BCUT2D eigenvalue weighted by Crippen LogP contribution is 2.14. The lowest BCUT2D eigenvalue weighted by atomic mass is 10.0. The van der Waals surface area contributed by atoms with Crippen molar-refractivity contribution in [2.75, 3.05) is 13.2 Å². The van der Waals surface area contributed by atoms with E-state index in [4.69, 9.17) is 14.2 Å². The molecule has 6 nitrogen and oxygen atoms in total. The maximum absolute atomic E-state index is 12.8. The lowest BCUT2D eigenvalue weighted by Gasteiger charge is -2.18. The van der Waals surface area contributed by atoms with Crippen LogP contribution in [0.25, 0.3) is 0 Å². The molecule has 0 aliphatic carbocycles. The van der Waals surface area contributed by atoms with Gasteiger partial charge in [-0.05, 0) is 96.3 Å². The van der Waals surface area contributed by atoms with Crippen LogP contribution >= 0.6 is 0 Å². The van der Waals surface area contributed by atoms with E-state index in [0.29, 0.717) is 19.3 Å². The molecule has 0 radical (unpaired) electrons. The third kappa shape index (κ3) is 52.8. The molecule has 0 amide bonds. The minimum atomic E-state index is -0.818. The van der Waals surface area contributed by atoms with Crippen molar-refractivity contribution in [1.29, 1.82) is 0 Å². The maximum atomic E-state index is 12.8. The Balaban J connectivity index is 4.52. The van der Waals surface area contributed by atoms with Gasteiger partial charge >= 0.3 is 17.9 Å². The Labute approximate surface area is 418 Å². The zero-order chi connectivity index (χ0) is 49.3. The molecule has 0 heterocycles. The van der Waals surface area contributed by atoms with Gasteiger partial charge in [0.1, 0.15) is 13.2 Å². The molecule has 6 heteroatoms. The zero-order valence-corrected chi connectivity index (χ0v) is 43.8. The SMILES string of the molecule is CC/C=C\C/C=C\C/C=C\C/C=C\C/C=C\C/C=C\CCC(=O)OCC(COC(=O)CCCCCCCCCCCCCC)OC(=O)CCCCCCCC/C=C\C/C=C\C/C=C\C/C=C\CC. The van der Waals surface area contributed by atoms with E-state index in [1.807, 2.05) is 6.08 Å². The molecule has 0 fully saturated rings. The van der Waals surface area contributed by atoms with Crippen molar-refractivity contribution in [3.63, 3.8) is 0 Å². The first-order valence-corrected chi connectivity index (χ1v) is 27.5. The van der Waals surface area contributed by atoms with Crippen molar-refractivity contribution >= 4 is 17.9 Å². The van der Waals surface area contributed by atoms with E-state index in [1.165, 1.54) is 70.6 Å². The Morgan fingerprint density at radius 1 is 0.309 bits per heavy atom. The summed E-state index contributed by atoms with van der Waals surface area (Å²) in [6, 6.07) is 0. The van der Waals surface area contributed by atoms with Crippen LogP contribution in [0.5, 0.6) is 0 Å². The molecule has 68 heavy (non-hydrogen) atoms. The monoisotopic (exact) mass is 941 g/mol. The van der Waals surface area contributed by atoms with Crippen LogP contribution in [0.2, 0.25) is 0 Å². The van der Waals surface area contributed by atoms with Crippen LogP contribution in [0.3, 0.4) is 0 Å². The summed E-state index contributed by atoms with van der Waals surface area (Å²) in [4.78, 5) is 38.1. The molecule has 0 bridgehead atoms. The highest BCUT2D eigenvalue weighted by molar-refractivity contribution is 5.71. The van der Waals surface area contributed by atoms with E-state index in [2.05, 4.69) is 136 Å². The Morgan fingerprint density at radius 2 is 0.603 bits per heavy atom. The Kier molecular flexibility index (Phi) is 52.0. The molecule has 0 saturated carbocycles. The van der Waals surface area contributed by atoms with Gasteiger partial charge in [0.05, 0.1) is 0 Å². The summed E-state index contributed by atoms with van der Waals surface area (Å²) >= 11 is 0. The van der Waals surface area contributed by atoms with Gasteiger partial charge in [-0.2, -0.15) is 0 Å². The molecule has 0 rings (SSSR count). The average molecular weight is 941 g/mol. The van der Waals surface area contributed by atoms with E-state index >= 15 is 0 Å². The van der Waals surface area contributed by atoms with Crippen molar-refractivity contribution in [2.24, 2.45) is 0 Å². The fourth-order valence-electron chi connectivity index (χ4n) is 7.16. The molecule has 0 aliphatic rings. The zero-order valence-electron chi connectivity index (χ0n) is 43.8. The fraction of sp³-hybridized carbons (Fsp3) is 0.629. The predicted octanol–water partition coefficient (Wildman–Crippen LogP) is 18.5. The molecular weight excluding hydrogens is 841 g/mol. The number of unbranched alkanes of at least 4 members (excludes halogenated alkanes) is 17. The van der Waals surface area contributed by atoms with Crippen molar-refractivity contribution in [1.82, 2.24) is 0 Å². The third-order valence-corrected chi connectivity index (χ3v) is 11.2. The molecule has 384 valence electrons. The van der Waals surface area contributed by atoms with Gasteiger partial charge in [-0.25, -0.2) is 0 Å². The van der Waals surface area contributed by atoms with Crippen molar-refractivity contribution in [3.8, 4) is 0 Å². The van der Waals surface area contributed by atoms with E-state index in [1.54, 1.807) is 0 Å². The summed E-state index contributed by atoms with van der Waals surface area (Å²) in [5.74, 6) is -1.01. The van der Waals surface area contributed by atoms with Crippen LogP contribution < -0.4 is 0 Å². The fourth-order valence-corrected chi connectivity index (χ4v) is 7.16. The molecule has 0 aliphatic heterocycles. The van der Waals surface area contributed by atoms with Crippen LogP contribution in [0.4, 0.5) is 0 Å². The van der Waals surface area contributed by atoms with Crippen molar-refractivity contribution in [3.05, 3.63) is 122 Å². The lowest BCUT2D eigenvalue weighted by Crippen LogP contribution is -2.30. The first-order chi connectivity index (χ1) is 33.5. The molecular formula is C62H100O6. The van der Waals surface area contributed by atoms with Gasteiger partial charge in [-0.15, -0.1) is 0 Å². The standard InChI is InChI=1S/C62H100O6/c1-4-7-10-13-16-19-22-25-27-29-31-33-35-37-40-43-46-49-52-55-61(64)67-58-59(57-66-60(63)54-51-48-45-42-39-24-21-18-15-12-9-6-3)68-62(65)56-53-50-47-44-41-38-36-34-32-30-28-26-23-20-17-14-11-8-5-2/h7-8,10-11,16-17,19-20,25-28,31-34,37,40,46,49,59H,4-6,9,12-15,18,21-24,29-30,35-36,38-39,41-45,47-48,50-58H2,1-3H3/b10-7-,11-8-,19-16-,20-17-,27-25-,28-26-,33-31-,34-32-,40-37-,49-46-. The molecule has 0 spiro atoms. The minimum Gasteiger partial charge on any atom is -0.462 e. The number of carbonyl (C=O) groups excluding carboxylic acids is 3. The van der Waals surface area contributed by atoms with Crippen LogP contribution in [-0.4, -0.2) is 37.2 Å². The van der Waals surface area contributed by atoms with E-state index in [-0.39, 0.29) is 37.5 Å². The Bertz CT molecular complexity index is 1450. The summed E-state index contributed by atoms with van der Waals surface area (Å²) < 4.78 is 16.8. The van der Waals surface area contributed by atoms with E-state index in [0.717, 1.165) is 116 Å². The number of rotatable bonds is 48. The number of hydrogen-bond donors (Lipinski definition) is 0. The van der Waals surface area contributed by atoms with Crippen LogP contribution in [0.15, 0.2) is 122 Å². The highest BCUT2D eigenvalue weighted by Gasteiger charge is 2.19. The smallest absolute Gasteiger partial charge is 0.306 e. The highest BCUT2D eigenvalue weighted by atomic mass is 16.6. The third-order valence-electron chi connectivity index (χ3n) is 11.2. The molecule has 0 saturated heterocycles. The average Bonchev–Trinajstić information content (AvgIpc) is 3.34. The second kappa shape index (κ2) is 55.4. The van der Waals surface area contributed by atoms with Crippen LogP contribution in [0, 0.1) is 0 Å². The minimum absolute atomic E-state index is 0.109. The van der Waals surface area contributed by atoms with Gasteiger partial charge in [0.25, 0.3) is 0 Å². The first-order valence-electron chi connectivity index (χ1n) is 27.5. The largest absolute Gasteiger partial charge is 0.462 e. The second-order valence-corrected chi connectivity index (χ2v) is 17.7. The molecule has 0 aromatic heterocycles. The molecule has 0 N–H and O–H groups in total. The number of ether oxygens (including phenoxy) is 3. The predicted molar refractivity (Wildman–Crippen MR) is 293 cm³/mol. The van der Waals surface area contributed by atoms with Gasteiger partial charge in [0.15, 0.2) is 6.10 Å². The number of esters is 3. The molecule has 1 atom stereocenters. The van der Waals surface area contributed by atoms with Gasteiger partial charge in [-0.3, -0.25) is 14.4 Å². The summed E-state index contributed by atoms with van der Waals surface area (Å²) in [6.45, 7) is 6.32. The van der Waals surface area contributed by atoms with Crippen LogP contribution in [-0.2, 0) is 28.6 Å². The molecule has 0 aromatic carbocycles. The summed E-state index contributed by atoms with van der Waals surface area (Å²) in [7, 11) is 0. The Morgan fingerprint density at radius 3 is 0.985 bits per heavy atom. The van der Waals surface area contributed by atoms with Crippen molar-refractivity contribution < 1.29 is 28.6 Å². The van der Waals surface area contributed by atoms with Gasteiger partial charge < -0.3 is 14.2 Å². The molecule has 0 aromatic rings. The number of allylic oxidation sites excluding steroid dienone is 20. The second-order valence-electron chi connectivity index (χ2n) is 17.7.